The molecule has 1 aliphatic heterocycles. The van der Waals surface area contributed by atoms with Gasteiger partial charge in [0.2, 0.25) is 0 Å². The number of hydrogen-bond acceptors (Lipinski definition) is 3. The van der Waals surface area contributed by atoms with Crippen LogP contribution in [0.15, 0.2) is 41.0 Å². The predicted molar refractivity (Wildman–Crippen MR) is 83.3 cm³/mol. The molecule has 0 bridgehead atoms. The first kappa shape index (κ1) is 14.3. The molecule has 1 saturated heterocycles. The molecule has 0 atom stereocenters. The van der Waals surface area contributed by atoms with Crippen LogP contribution >= 0.6 is 23.2 Å². The third-order valence-corrected chi connectivity index (χ3v) is 4.09. The molecule has 21 heavy (non-hydrogen) atoms. The molecular formula is C15H14Cl2N2O2. The van der Waals surface area contributed by atoms with E-state index in [0.29, 0.717) is 28.9 Å². The van der Waals surface area contributed by atoms with Crippen LogP contribution < -0.4 is 4.90 Å². The highest BCUT2D eigenvalue weighted by Crippen LogP contribution is 2.29. The van der Waals surface area contributed by atoms with Gasteiger partial charge in [0.25, 0.3) is 5.91 Å². The molecule has 1 aromatic carbocycles. The van der Waals surface area contributed by atoms with Gasteiger partial charge >= 0.3 is 0 Å². The highest BCUT2D eigenvalue weighted by molar-refractivity contribution is 6.36. The van der Waals surface area contributed by atoms with Gasteiger partial charge in [0, 0.05) is 31.2 Å². The second-order valence-corrected chi connectivity index (χ2v) is 5.70. The highest BCUT2D eigenvalue weighted by atomic mass is 35.5. The predicted octanol–water partition coefficient (Wildman–Crippen LogP) is 3.55. The molecule has 0 radical (unpaired) electrons. The van der Waals surface area contributed by atoms with Crippen LogP contribution in [0.25, 0.3) is 0 Å². The number of halogens is 2. The Bertz CT molecular complexity index is 635. The van der Waals surface area contributed by atoms with E-state index in [2.05, 4.69) is 4.90 Å². The molecule has 1 amide bonds. The van der Waals surface area contributed by atoms with Gasteiger partial charge in [-0.15, -0.1) is 0 Å². The van der Waals surface area contributed by atoms with Gasteiger partial charge < -0.3 is 14.2 Å². The van der Waals surface area contributed by atoms with Gasteiger partial charge in [-0.25, -0.2) is 0 Å². The Morgan fingerprint density at radius 1 is 1.10 bits per heavy atom. The number of amides is 1. The van der Waals surface area contributed by atoms with Gasteiger partial charge in [0.1, 0.15) is 0 Å². The second-order valence-electron chi connectivity index (χ2n) is 4.85. The van der Waals surface area contributed by atoms with E-state index < -0.39 is 0 Å². The summed E-state index contributed by atoms with van der Waals surface area (Å²) in [5.74, 6) is 0.315. The fourth-order valence-electron chi connectivity index (χ4n) is 2.44. The van der Waals surface area contributed by atoms with Crippen molar-refractivity contribution in [1.82, 2.24) is 4.90 Å². The topological polar surface area (TPSA) is 36.7 Å². The van der Waals surface area contributed by atoms with Gasteiger partial charge in [0.05, 0.1) is 17.0 Å². The van der Waals surface area contributed by atoms with Crippen LogP contribution in [-0.4, -0.2) is 37.0 Å². The maximum atomic E-state index is 12.2. The zero-order valence-electron chi connectivity index (χ0n) is 11.3. The Morgan fingerprint density at radius 3 is 2.48 bits per heavy atom. The van der Waals surface area contributed by atoms with Crippen molar-refractivity contribution in [1.29, 1.82) is 0 Å². The van der Waals surface area contributed by atoms with Crippen molar-refractivity contribution in [3.8, 4) is 0 Å². The summed E-state index contributed by atoms with van der Waals surface area (Å²) in [4.78, 5) is 16.1. The zero-order chi connectivity index (χ0) is 14.8. The summed E-state index contributed by atoms with van der Waals surface area (Å²) in [7, 11) is 0. The summed E-state index contributed by atoms with van der Waals surface area (Å²) in [6.45, 7) is 2.73. The Hall–Kier alpha value is -1.65. The number of piperazine rings is 1. The van der Waals surface area contributed by atoms with E-state index in [0.717, 1.165) is 18.8 Å². The van der Waals surface area contributed by atoms with Crippen molar-refractivity contribution in [2.24, 2.45) is 0 Å². The first-order valence-corrected chi connectivity index (χ1v) is 7.43. The van der Waals surface area contributed by atoms with Crippen molar-refractivity contribution in [3.63, 3.8) is 0 Å². The Morgan fingerprint density at radius 2 is 1.86 bits per heavy atom. The molecule has 0 saturated carbocycles. The summed E-state index contributed by atoms with van der Waals surface area (Å²) in [5.41, 5.74) is 0.950. The lowest BCUT2D eigenvalue weighted by atomic mass is 10.2. The molecular weight excluding hydrogens is 311 g/mol. The van der Waals surface area contributed by atoms with Crippen LogP contribution in [0.3, 0.4) is 0 Å². The maximum Gasteiger partial charge on any atom is 0.289 e. The molecule has 2 aromatic rings. The zero-order valence-corrected chi connectivity index (χ0v) is 12.8. The van der Waals surface area contributed by atoms with Gasteiger partial charge in [-0.2, -0.15) is 0 Å². The fourth-order valence-corrected chi connectivity index (χ4v) is 2.97. The number of hydrogen-bond donors (Lipinski definition) is 0. The average molecular weight is 325 g/mol. The lowest BCUT2D eigenvalue weighted by Crippen LogP contribution is -2.48. The van der Waals surface area contributed by atoms with Crippen LogP contribution in [-0.2, 0) is 0 Å². The number of nitrogens with zero attached hydrogens (tertiary/aromatic N) is 2. The Labute approximate surface area is 132 Å². The first-order valence-electron chi connectivity index (χ1n) is 6.68. The largest absolute Gasteiger partial charge is 0.459 e. The first-order chi connectivity index (χ1) is 10.1. The van der Waals surface area contributed by atoms with Crippen molar-refractivity contribution in [2.45, 2.75) is 0 Å². The summed E-state index contributed by atoms with van der Waals surface area (Å²) >= 11 is 12.1. The SMILES string of the molecule is O=C(c1ccco1)N1CCN(c2ccc(Cl)cc2Cl)CC1. The van der Waals surface area contributed by atoms with Crippen molar-refractivity contribution in [2.75, 3.05) is 31.1 Å². The number of carbonyl (C=O) groups excluding carboxylic acids is 1. The lowest BCUT2D eigenvalue weighted by molar-refractivity contribution is 0.0715. The molecule has 4 nitrogen and oxygen atoms in total. The molecule has 0 spiro atoms. The molecule has 2 heterocycles. The molecule has 1 aromatic heterocycles. The van der Waals surface area contributed by atoms with Gasteiger partial charge in [-0.1, -0.05) is 23.2 Å². The smallest absolute Gasteiger partial charge is 0.289 e. The quantitative estimate of drug-likeness (QED) is 0.847. The molecule has 1 fully saturated rings. The van der Waals surface area contributed by atoms with E-state index in [1.54, 1.807) is 23.1 Å². The minimum Gasteiger partial charge on any atom is -0.459 e. The van der Waals surface area contributed by atoms with Crippen LogP contribution in [0.5, 0.6) is 0 Å². The van der Waals surface area contributed by atoms with Crippen molar-refractivity contribution < 1.29 is 9.21 Å². The number of anilines is 1. The molecule has 6 heteroatoms. The molecule has 1 aliphatic rings. The lowest BCUT2D eigenvalue weighted by Gasteiger charge is -2.36. The molecule has 3 rings (SSSR count). The van der Waals surface area contributed by atoms with E-state index in [1.165, 1.54) is 6.26 Å². The third kappa shape index (κ3) is 3.01. The molecule has 0 N–H and O–H groups in total. The van der Waals surface area contributed by atoms with Crippen LogP contribution in [0.1, 0.15) is 10.6 Å². The van der Waals surface area contributed by atoms with E-state index in [1.807, 2.05) is 12.1 Å². The Kier molecular flexibility index (Phi) is 4.08. The molecule has 110 valence electrons. The van der Waals surface area contributed by atoms with Crippen LogP contribution in [0.4, 0.5) is 5.69 Å². The Balaban J connectivity index is 1.66. The van der Waals surface area contributed by atoms with Gasteiger partial charge in [0.15, 0.2) is 5.76 Å². The van der Waals surface area contributed by atoms with Gasteiger partial charge in [-0.3, -0.25) is 4.79 Å². The maximum absolute atomic E-state index is 12.2. The molecule has 0 unspecified atom stereocenters. The summed E-state index contributed by atoms with van der Waals surface area (Å²) in [6, 6.07) is 8.87. The number of benzene rings is 1. The summed E-state index contributed by atoms with van der Waals surface area (Å²) < 4.78 is 5.15. The highest BCUT2D eigenvalue weighted by Gasteiger charge is 2.24. The minimum atomic E-state index is -0.0677. The molecule has 0 aliphatic carbocycles. The summed E-state index contributed by atoms with van der Waals surface area (Å²) in [5, 5.41) is 1.25. The van der Waals surface area contributed by atoms with Crippen LogP contribution in [0.2, 0.25) is 10.0 Å². The fraction of sp³-hybridized carbons (Fsp3) is 0.267. The number of furan rings is 1. The van der Waals surface area contributed by atoms with Gasteiger partial charge in [-0.05, 0) is 30.3 Å². The number of rotatable bonds is 2. The van der Waals surface area contributed by atoms with E-state index in [9.17, 15) is 4.79 Å². The second kappa shape index (κ2) is 6.00. The summed E-state index contributed by atoms with van der Waals surface area (Å²) in [6.07, 6.45) is 1.51. The van der Waals surface area contributed by atoms with Crippen molar-refractivity contribution >= 4 is 34.8 Å². The van der Waals surface area contributed by atoms with Crippen LogP contribution in [0, 0.1) is 0 Å². The standard InChI is InChI=1S/C15H14Cl2N2O2/c16-11-3-4-13(12(17)10-11)18-5-7-19(8-6-18)15(20)14-2-1-9-21-14/h1-4,9-10H,5-8H2. The van der Waals surface area contributed by atoms with E-state index >= 15 is 0 Å². The average Bonchev–Trinajstić information content (AvgIpc) is 3.01. The third-order valence-electron chi connectivity index (χ3n) is 3.55. The van der Waals surface area contributed by atoms with Crippen molar-refractivity contribution in [3.05, 3.63) is 52.4 Å². The van der Waals surface area contributed by atoms with E-state index in [4.69, 9.17) is 27.6 Å². The number of carbonyl (C=O) groups is 1. The minimum absolute atomic E-state index is 0.0677. The van der Waals surface area contributed by atoms with E-state index in [-0.39, 0.29) is 5.91 Å². The normalized spacial score (nSPS) is 15.3. The monoisotopic (exact) mass is 324 g/mol.